The predicted molar refractivity (Wildman–Crippen MR) is 135 cm³/mol. The molecule has 182 valence electrons. The van der Waals surface area contributed by atoms with Crippen molar-refractivity contribution in [3.63, 3.8) is 0 Å². The molecule has 34 heavy (non-hydrogen) atoms. The standard InChI is InChI=1S/C28H37N3O3/c1-21(27(32)30-19-15-23(16-20-30)22-13-17-29(2)18-14-22)31(25-7-5-4-6-8-25)28(33)24-9-11-26(34-3)12-10-24/h4-12,21-23H,13-20H2,1-3H3/t21-/m1/s1. The van der Waals surface area contributed by atoms with Gasteiger partial charge in [-0.05, 0) is 101 Å². The molecule has 2 aliphatic heterocycles. The second-order valence-electron chi connectivity index (χ2n) is 9.72. The van der Waals surface area contributed by atoms with Crippen LogP contribution in [0.3, 0.4) is 0 Å². The molecule has 6 nitrogen and oxygen atoms in total. The van der Waals surface area contributed by atoms with Gasteiger partial charge in [0.25, 0.3) is 5.91 Å². The molecule has 2 aromatic rings. The van der Waals surface area contributed by atoms with E-state index >= 15 is 0 Å². The number of benzene rings is 2. The Morgan fingerprint density at radius 2 is 1.44 bits per heavy atom. The third kappa shape index (κ3) is 5.44. The molecule has 2 heterocycles. The van der Waals surface area contributed by atoms with Crippen LogP contribution in [0, 0.1) is 11.8 Å². The Labute approximate surface area is 203 Å². The smallest absolute Gasteiger partial charge is 0.259 e. The van der Waals surface area contributed by atoms with Crippen LogP contribution in [0.25, 0.3) is 0 Å². The lowest BCUT2D eigenvalue weighted by molar-refractivity contribution is -0.133. The molecular formula is C28H37N3O3. The van der Waals surface area contributed by atoms with Crippen molar-refractivity contribution in [3.8, 4) is 5.75 Å². The number of anilines is 1. The van der Waals surface area contributed by atoms with Gasteiger partial charge in [-0.15, -0.1) is 0 Å². The van der Waals surface area contributed by atoms with Crippen molar-refractivity contribution in [2.75, 3.05) is 45.2 Å². The number of amides is 2. The Balaban J connectivity index is 1.46. The fourth-order valence-corrected chi connectivity index (χ4v) is 5.44. The molecule has 0 aliphatic carbocycles. The molecule has 0 spiro atoms. The Morgan fingerprint density at radius 1 is 0.882 bits per heavy atom. The van der Waals surface area contributed by atoms with E-state index < -0.39 is 6.04 Å². The number of hydrogen-bond acceptors (Lipinski definition) is 4. The van der Waals surface area contributed by atoms with Gasteiger partial charge in [-0.2, -0.15) is 0 Å². The Bertz CT molecular complexity index is 947. The average Bonchev–Trinajstić information content (AvgIpc) is 2.89. The maximum atomic E-state index is 13.6. The van der Waals surface area contributed by atoms with Crippen LogP contribution in [0.2, 0.25) is 0 Å². The van der Waals surface area contributed by atoms with Crippen LogP contribution in [0.5, 0.6) is 5.75 Å². The summed E-state index contributed by atoms with van der Waals surface area (Å²) in [6.45, 7) is 5.76. The van der Waals surface area contributed by atoms with E-state index in [1.165, 1.54) is 25.9 Å². The fourth-order valence-electron chi connectivity index (χ4n) is 5.44. The van der Waals surface area contributed by atoms with Crippen molar-refractivity contribution < 1.29 is 14.3 Å². The number of para-hydroxylation sites is 1. The zero-order valence-electron chi connectivity index (χ0n) is 20.7. The summed E-state index contributed by atoms with van der Waals surface area (Å²) in [6.07, 6.45) is 4.66. The van der Waals surface area contributed by atoms with E-state index in [1.54, 1.807) is 36.3 Å². The van der Waals surface area contributed by atoms with E-state index in [4.69, 9.17) is 4.74 Å². The highest BCUT2D eigenvalue weighted by molar-refractivity contribution is 6.09. The zero-order valence-corrected chi connectivity index (χ0v) is 20.7. The number of methoxy groups -OCH3 is 1. The van der Waals surface area contributed by atoms with E-state index in [-0.39, 0.29) is 11.8 Å². The summed E-state index contributed by atoms with van der Waals surface area (Å²) in [5.41, 5.74) is 1.26. The highest BCUT2D eigenvalue weighted by atomic mass is 16.5. The third-order valence-electron chi connectivity index (χ3n) is 7.62. The van der Waals surface area contributed by atoms with Gasteiger partial charge in [-0.25, -0.2) is 0 Å². The first-order valence-corrected chi connectivity index (χ1v) is 12.5. The molecule has 0 unspecified atom stereocenters. The molecule has 0 radical (unpaired) electrons. The van der Waals surface area contributed by atoms with Crippen LogP contribution < -0.4 is 9.64 Å². The molecule has 6 heteroatoms. The molecule has 0 bridgehead atoms. The Morgan fingerprint density at radius 3 is 2.00 bits per heavy atom. The van der Waals surface area contributed by atoms with Crippen molar-refractivity contribution in [2.24, 2.45) is 11.8 Å². The van der Waals surface area contributed by atoms with Crippen molar-refractivity contribution >= 4 is 17.5 Å². The lowest BCUT2D eigenvalue weighted by Crippen LogP contribution is -2.52. The largest absolute Gasteiger partial charge is 0.497 e. The monoisotopic (exact) mass is 463 g/mol. The second-order valence-corrected chi connectivity index (χ2v) is 9.72. The molecule has 2 aliphatic rings. The summed E-state index contributed by atoms with van der Waals surface area (Å²) in [7, 11) is 3.80. The van der Waals surface area contributed by atoms with Crippen LogP contribution in [0.4, 0.5) is 5.69 Å². The minimum atomic E-state index is -0.586. The molecule has 4 rings (SSSR count). The third-order valence-corrected chi connectivity index (χ3v) is 7.62. The highest BCUT2D eigenvalue weighted by Crippen LogP contribution is 2.33. The Hall–Kier alpha value is -2.86. The molecule has 1 atom stereocenters. The lowest BCUT2D eigenvalue weighted by Gasteiger charge is -2.41. The van der Waals surface area contributed by atoms with Crippen molar-refractivity contribution in [2.45, 2.75) is 38.6 Å². The van der Waals surface area contributed by atoms with E-state index in [1.807, 2.05) is 42.2 Å². The van der Waals surface area contributed by atoms with Crippen molar-refractivity contribution in [1.29, 1.82) is 0 Å². The second kappa shape index (κ2) is 11.0. The predicted octanol–water partition coefficient (Wildman–Crippen LogP) is 4.31. The summed E-state index contributed by atoms with van der Waals surface area (Å²) in [6, 6.07) is 15.9. The van der Waals surface area contributed by atoms with Gasteiger partial charge in [0, 0.05) is 24.3 Å². The number of hydrogen-bond donors (Lipinski definition) is 0. The summed E-state index contributed by atoms with van der Waals surface area (Å²) in [5, 5.41) is 0. The first-order valence-electron chi connectivity index (χ1n) is 12.5. The van der Waals surface area contributed by atoms with E-state index in [2.05, 4.69) is 11.9 Å². The van der Waals surface area contributed by atoms with Gasteiger partial charge in [0.2, 0.25) is 5.91 Å². The van der Waals surface area contributed by atoms with E-state index in [0.29, 0.717) is 17.2 Å². The van der Waals surface area contributed by atoms with E-state index in [0.717, 1.165) is 37.5 Å². The average molecular weight is 464 g/mol. The van der Waals surface area contributed by atoms with Gasteiger partial charge >= 0.3 is 0 Å². The normalized spacial score (nSPS) is 19.0. The minimum Gasteiger partial charge on any atom is -0.497 e. The summed E-state index contributed by atoms with van der Waals surface area (Å²) >= 11 is 0. The Kier molecular flexibility index (Phi) is 7.88. The topological polar surface area (TPSA) is 53.1 Å². The number of piperidine rings is 2. The van der Waals surface area contributed by atoms with Gasteiger partial charge in [0.15, 0.2) is 0 Å². The minimum absolute atomic E-state index is 0.0209. The summed E-state index contributed by atoms with van der Waals surface area (Å²) < 4.78 is 5.23. The molecule has 0 saturated carbocycles. The maximum Gasteiger partial charge on any atom is 0.259 e. The van der Waals surface area contributed by atoms with Gasteiger partial charge in [0.05, 0.1) is 7.11 Å². The van der Waals surface area contributed by atoms with Crippen LogP contribution in [0.15, 0.2) is 54.6 Å². The fraction of sp³-hybridized carbons (Fsp3) is 0.500. The van der Waals surface area contributed by atoms with Crippen LogP contribution in [-0.4, -0.2) is 68.0 Å². The van der Waals surface area contributed by atoms with E-state index in [9.17, 15) is 9.59 Å². The summed E-state index contributed by atoms with van der Waals surface area (Å²) in [5.74, 6) is 2.02. The van der Waals surface area contributed by atoms with Crippen LogP contribution >= 0.6 is 0 Å². The van der Waals surface area contributed by atoms with Crippen molar-refractivity contribution in [1.82, 2.24) is 9.80 Å². The molecule has 2 saturated heterocycles. The molecule has 2 fully saturated rings. The number of likely N-dealkylation sites (tertiary alicyclic amines) is 2. The number of carbonyl (C=O) groups is 2. The molecule has 2 amide bonds. The SMILES string of the molecule is COc1ccc(C(=O)N(c2ccccc2)[C@H](C)C(=O)N2CCC(C3CCN(C)CC3)CC2)cc1. The summed E-state index contributed by atoms with van der Waals surface area (Å²) in [4.78, 5) is 33.2. The van der Waals surface area contributed by atoms with Gasteiger partial charge < -0.3 is 14.5 Å². The highest BCUT2D eigenvalue weighted by Gasteiger charge is 2.35. The molecule has 2 aromatic carbocycles. The maximum absolute atomic E-state index is 13.6. The first kappa shape index (κ1) is 24.3. The zero-order chi connectivity index (χ0) is 24.1. The number of carbonyl (C=O) groups excluding carboxylic acids is 2. The van der Waals surface area contributed by atoms with Crippen LogP contribution in [-0.2, 0) is 4.79 Å². The van der Waals surface area contributed by atoms with Crippen LogP contribution in [0.1, 0.15) is 43.0 Å². The van der Waals surface area contributed by atoms with Gasteiger partial charge in [-0.1, -0.05) is 18.2 Å². The first-order chi connectivity index (χ1) is 16.5. The van der Waals surface area contributed by atoms with Gasteiger partial charge in [0.1, 0.15) is 11.8 Å². The number of nitrogens with zero attached hydrogens (tertiary/aromatic N) is 3. The quantitative estimate of drug-likeness (QED) is 0.641. The van der Waals surface area contributed by atoms with Crippen molar-refractivity contribution in [3.05, 3.63) is 60.2 Å². The number of rotatable bonds is 6. The molecule has 0 N–H and O–H groups in total. The number of ether oxygens (including phenoxy) is 1. The molecule has 0 aromatic heterocycles. The van der Waals surface area contributed by atoms with Gasteiger partial charge in [-0.3, -0.25) is 14.5 Å². The molecular weight excluding hydrogens is 426 g/mol. The lowest BCUT2D eigenvalue weighted by atomic mass is 9.79.